The van der Waals surface area contributed by atoms with E-state index in [0.29, 0.717) is 0 Å². The Morgan fingerprint density at radius 2 is 1.79 bits per heavy atom. The van der Waals surface area contributed by atoms with Gasteiger partial charge in [0.05, 0.1) is 10.7 Å². The van der Waals surface area contributed by atoms with Gasteiger partial charge in [0.1, 0.15) is 0 Å². The van der Waals surface area contributed by atoms with Gasteiger partial charge in [-0.1, -0.05) is 41.9 Å². The molecule has 2 nitrogen and oxygen atoms in total. The summed E-state index contributed by atoms with van der Waals surface area (Å²) in [6, 6.07) is 16.4. The zero-order valence-electron chi connectivity index (χ0n) is 11.4. The maximum atomic E-state index is 6.42. The van der Waals surface area contributed by atoms with E-state index in [2.05, 4.69) is 35.3 Å². The van der Waals surface area contributed by atoms with E-state index in [9.17, 15) is 0 Å². The fourth-order valence-electron chi connectivity index (χ4n) is 2.27. The van der Waals surface area contributed by atoms with Gasteiger partial charge in [-0.25, -0.2) is 0 Å². The molecule has 1 N–H and O–H groups in total. The lowest BCUT2D eigenvalue weighted by Crippen LogP contribution is -2.19. The summed E-state index contributed by atoms with van der Waals surface area (Å²) in [5.41, 5.74) is 3.46. The molecule has 19 heavy (non-hydrogen) atoms. The SMILES string of the molecule is CCN(c1ccccc1)c1c(Cl)cccc1CNC. The third-order valence-corrected chi connectivity index (χ3v) is 3.40. The second-order valence-electron chi connectivity index (χ2n) is 4.36. The van der Waals surface area contributed by atoms with Crippen molar-refractivity contribution in [1.82, 2.24) is 5.32 Å². The van der Waals surface area contributed by atoms with Crippen molar-refractivity contribution in [1.29, 1.82) is 0 Å². The van der Waals surface area contributed by atoms with E-state index in [-0.39, 0.29) is 0 Å². The van der Waals surface area contributed by atoms with E-state index in [1.54, 1.807) is 0 Å². The van der Waals surface area contributed by atoms with Crippen LogP contribution in [-0.4, -0.2) is 13.6 Å². The average Bonchev–Trinajstić information content (AvgIpc) is 2.44. The molecule has 0 aromatic heterocycles. The molecule has 0 aliphatic heterocycles. The second kappa shape index (κ2) is 6.60. The Morgan fingerprint density at radius 3 is 2.42 bits per heavy atom. The summed E-state index contributed by atoms with van der Waals surface area (Å²) in [5.74, 6) is 0. The quantitative estimate of drug-likeness (QED) is 0.878. The molecule has 2 aromatic rings. The van der Waals surface area contributed by atoms with Crippen molar-refractivity contribution in [2.24, 2.45) is 0 Å². The van der Waals surface area contributed by atoms with Crippen molar-refractivity contribution in [2.75, 3.05) is 18.5 Å². The number of nitrogens with one attached hydrogen (secondary N) is 1. The first-order valence-corrected chi connectivity index (χ1v) is 6.90. The van der Waals surface area contributed by atoms with Crippen LogP contribution in [0.5, 0.6) is 0 Å². The predicted octanol–water partition coefficient (Wildman–Crippen LogP) is 4.22. The minimum atomic E-state index is 0.790. The molecule has 0 amide bonds. The van der Waals surface area contributed by atoms with E-state index in [0.717, 1.165) is 29.5 Å². The highest BCUT2D eigenvalue weighted by Crippen LogP contribution is 2.34. The average molecular weight is 275 g/mol. The van der Waals surface area contributed by atoms with Gasteiger partial charge in [-0.2, -0.15) is 0 Å². The third kappa shape index (κ3) is 3.09. The van der Waals surface area contributed by atoms with Crippen LogP contribution in [0.2, 0.25) is 5.02 Å². The van der Waals surface area contributed by atoms with Gasteiger partial charge >= 0.3 is 0 Å². The Bertz CT molecular complexity index is 526. The van der Waals surface area contributed by atoms with Gasteiger partial charge in [-0.15, -0.1) is 0 Å². The third-order valence-electron chi connectivity index (χ3n) is 3.09. The number of hydrogen-bond donors (Lipinski definition) is 1. The lowest BCUT2D eigenvalue weighted by atomic mass is 10.1. The van der Waals surface area contributed by atoms with E-state index in [4.69, 9.17) is 11.6 Å². The second-order valence-corrected chi connectivity index (χ2v) is 4.76. The Morgan fingerprint density at radius 1 is 1.05 bits per heavy atom. The molecule has 0 aliphatic rings. The molecule has 3 heteroatoms. The minimum Gasteiger partial charge on any atom is -0.340 e. The number of rotatable bonds is 5. The molecule has 0 heterocycles. The summed E-state index contributed by atoms with van der Waals surface area (Å²) < 4.78 is 0. The van der Waals surface area contributed by atoms with Crippen LogP contribution in [0.25, 0.3) is 0 Å². The fourth-order valence-corrected chi connectivity index (χ4v) is 2.57. The van der Waals surface area contributed by atoms with Gasteiger partial charge in [0.25, 0.3) is 0 Å². The van der Waals surface area contributed by atoms with Crippen molar-refractivity contribution >= 4 is 23.0 Å². The standard InChI is InChI=1S/C16H19ClN2/c1-3-19(14-9-5-4-6-10-14)16-13(12-18-2)8-7-11-15(16)17/h4-11,18H,3,12H2,1-2H3. The molecule has 100 valence electrons. The Kier molecular flexibility index (Phi) is 4.83. The van der Waals surface area contributed by atoms with Gasteiger partial charge in [0, 0.05) is 18.8 Å². The molecule has 0 radical (unpaired) electrons. The zero-order chi connectivity index (χ0) is 13.7. The largest absolute Gasteiger partial charge is 0.340 e. The predicted molar refractivity (Wildman–Crippen MR) is 83.3 cm³/mol. The van der Waals surface area contributed by atoms with Crippen LogP contribution < -0.4 is 10.2 Å². The fraction of sp³-hybridized carbons (Fsp3) is 0.250. The van der Waals surface area contributed by atoms with Gasteiger partial charge in [-0.05, 0) is 37.7 Å². The van der Waals surface area contributed by atoms with Crippen LogP contribution in [0.4, 0.5) is 11.4 Å². The first-order chi connectivity index (χ1) is 9.27. The molecule has 0 bridgehead atoms. The summed E-state index contributed by atoms with van der Waals surface area (Å²) >= 11 is 6.42. The molecule has 0 saturated heterocycles. The smallest absolute Gasteiger partial charge is 0.0646 e. The van der Waals surface area contributed by atoms with Crippen LogP contribution in [-0.2, 0) is 6.54 Å². The Balaban J connectivity index is 2.49. The van der Waals surface area contributed by atoms with Crippen LogP contribution >= 0.6 is 11.6 Å². The zero-order valence-corrected chi connectivity index (χ0v) is 12.1. The molecule has 0 aliphatic carbocycles. The molecule has 2 rings (SSSR count). The molecule has 0 fully saturated rings. The Hall–Kier alpha value is -1.51. The summed E-state index contributed by atoms with van der Waals surface area (Å²) in [4.78, 5) is 2.25. The highest BCUT2D eigenvalue weighted by Gasteiger charge is 2.14. The maximum Gasteiger partial charge on any atom is 0.0646 e. The number of hydrogen-bond acceptors (Lipinski definition) is 2. The van der Waals surface area contributed by atoms with Gasteiger partial charge in [-0.3, -0.25) is 0 Å². The number of nitrogens with zero attached hydrogens (tertiary/aromatic N) is 1. The topological polar surface area (TPSA) is 15.3 Å². The molecule has 2 aromatic carbocycles. The summed E-state index contributed by atoms with van der Waals surface area (Å²) in [7, 11) is 1.95. The number of para-hydroxylation sites is 2. The first-order valence-electron chi connectivity index (χ1n) is 6.52. The first kappa shape index (κ1) is 13.9. The lowest BCUT2D eigenvalue weighted by molar-refractivity contribution is 0.813. The molecule has 0 saturated carbocycles. The van der Waals surface area contributed by atoms with Crippen molar-refractivity contribution in [3.63, 3.8) is 0 Å². The van der Waals surface area contributed by atoms with Gasteiger partial charge < -0.3 is 10.2 Å². The normalized spacial score (nSPS) is 10.5. The van der Waals surface area contributed by atoms with Crippen LogP contribution in [0.1, 0.15) is 12.5 Å². The number of anilines is 2. The summed E-state index contributed by atoms with van der Waals surface area (Å²) in [6.45, 7) is 3.82. The Labute approximate surface area is 120 Å². The van der Waals surface area contributed by atoms with Crippen molar-refractivity contribution < 1.29 is 0 Å². The van der Waals surface area contributed by atoms with Crippen LogP contribution in [0, 0.1) is 0 Å². The number of halogens is 1. The molecular formula is C16H19ClN2. The molecule has 0 unspecified atom stereocenters. The lowest BCUT2D eigenvalue weighted by Gasteiger charge is -2.27. The monoisotopic (exact) mass is 274 g/mol. The molecule has 0 spiro atoms. The van der Waals surface area contributed by atoms with Gasteiger partial charge in [0.2, 0.25) is 0 Å². The highest BCUT2D eigenvalue weighted by molar-refractivity contribution is 6.33. The van der Waals surface area contributed by atoms with E-state index < -0.39 is 0 Å². The van der Waals surface area contributed by atoms with Crippen LogP contribution in [0.15, 0.2) is 48.5 Å². The summed E-state index contributed by atoms with van der Waals surface area (Å²) in [5, 5.41) is 3.99. The maximum absolute atomic E-state index is 6.42. The number of benzene rings is 2. The highest BCUT2D eigenvalue weighted by atomic mass is 35.5. The van der Waals surface area contributed by atoms with E-state index in [1.807, 2.05) is 37.4 Å². The minimum absolute atomic E-state index is 0.790. The van der Waals surface area contributed by atoms with Crippen molar-refractivity contribution in [3.05, 3.63) is 59.1 Å². The molecule has 0 atom stereocenters. The van der Waals surface area contributed by atoms with E-state index >= 15 is 0 Å². The van der Waals surface area contributed by atoms with Crippen molar-refractivity contribution in [2.45, 2.75) is 13.5 Å². The van der Waals surface area contributed by atoms with Crippen LogP contribution in [0.3, 0.4) is 0 Å². The van der Waals surface area contributed by atoms with Gasteiger partial charge in [0.15, 0.2) is 0 Å². The summed E-state index contributed by atoms with van der Waals surface area (Å²) in [6.07, 6.45) is 0. The molecular weight excluding hydrogens is 256 g/mol. The van der Waals surface area contributed by atoms with Crippen molar-refractivity contribution in [3.8, 4) is 0 Å². The van der Waals surface area contributed by atoms with E-state index in [1.165, 1.54) is 5.56 Å².